The zero-order valence-electron chi connectivity index (χ0n) is 11.4. The predicted molar refractivity (Wildman–Crippen MR) is 85.8 cm³/mol. The first-order valence-corrected chi connectivity index (χ1v) is 8.21. The SMILES string of the molecule is CCOc1c(Br)cc(CNC2CCN(C)C2)cc1Br. The second-order valence-corrected chi connectivity index (χ2v) is 6.66. The number of hydrogen-bond donors (Lipinski definition) is 1. The molecule has 1 aliphatic rings. The van der Waals surface area contributed by atoms with E-state index in [1.54, 1.807) is 0 Å². The number of rotatable bonds is 5. The first-order chi connectivity index (χ1) is 9.10. The zero-order valence-corrected chi connectivity index (χ0v) is 14.6. The van der Waals surface area contributed by atoms with Gasteiger partial charge in [0.1, 0.15) is 5.75 Å². The van der Waals surface area contributed by atoms with Gasteiger partial charge in [0.15, 0.2) is 0 Å². The molecule has 1 saturated heterocycles. The summed E-state index contributed by atoms with van der Waals surface area (Å²) in [7, 11) is 2.17. The highest BCUT2D eigenvalue weighted by molar-refractivity contribution is 9.11. The molecule has 1 aliphatic heterocycles. The first kappa shape index (κ1) is 15.3. The lowest BCUT2D eigenvalue weighted by Gasteiger charge is -2.15. The van der Waals surface area contributed by atoms with Crippen molar-refractivity contribution in [2.75, 3.05) is 26.7 Å². The van der Waals surface area contributed by atoms with Crippen molar-refractivity contribution in [1.29, 1.82) is 0 Å². The molecule has 2 rings (SSSR count). The minimum absolute atomic E-state index is 0.606. The zero-order chi connectivity index (χ0) is 13.8. The number of nitrogens with one attached hydrogen (secondary N) is 1. The summed E-state index contributed by atoms with van der Waals surface area (Å²) in [5.74, 6) is 0.881. The molecular formula is C14H20Br2N2O. The third-order valence-electron chi connectivity index (χ3n) is 3.33. The Morgan fingerprint density at radius 1 is 1.37 bits per heavy atom. The van der Waals surface area contributed by atoms with Gasteiger partial charge in [-0.2, -0.15) is 0 Å². The van der Waals surface area contributed by atoms with Crippen LogP contribution in [0.5, 0.6) is 5.75 Å². The Bertz CT molecular complexity index is 416. The van der Waals surface area contributed by atoms with E-state index < -0.39 is 0 Å². The molecular weight excluding hydrogens is 372 g/mol. The topological polar surface area (TPSA) is 24.5 Å². The van der Waals surface area contributed by atoms with Gasteiger partial charge >= 0.3 is 0 Å². The third kappa shape index (κ3) is 4.18. The molecule has 1 aromatic rings. The van der Waals surface area contributed by atoms with Gasteiger partial charge in [0.2, 0.25) is 0 Å². The summed E-state index contributed by atoms with van der Waals surface area (Å²) in [4.78, 5) is 2.36. The summed E-state index contributed by atoms with van der Waals surface area (Å²) in [6, 6.07) is 4.86. The van der Waals surface area contributed by atoms with Crippen molar-refractivity contribution in [2.45, 2.75) is 25.9 Å². The Kier molecular flexibility index (Phi) is 5.69. The van der Waals surface area contributed by atoms with Gasteiger partial charge in [0, 0.05) is 19.1 Å². The van der Waals surface area contributed by atoms with Crippen LogP contribution in [0.3, 0.4) is 0 Å². The second-order valence-electron chi connectivity index (χ2n) is 4.95. The summed E-state index contributed by atoms with van der Waals surface area (Å²) >= 11 is 7.14. The van der Waals surface area contributed by atoms with Crippen molar-refractivity contribution in [1.82, 2.24) is 10.2 Å². The maximum atomic E-state index is 5.59. The van der Waals surface area contributed by atoms with Crippen LogP contribution in [0.1, 0.15) is 18.9 Å². The number of likely N-dealkylation sites (tertiary alicyclic amines) is 1. The lowest BCUT2D eigenvalue weighted by molar-refractivity contribution is 0.336. The highest BCUT2D eigenvalue weighted by Gasteiger charge is 2.18. The highest BCUT2D eigenvalue weighted by atomic mass is 79.9. The van der Waals surface area contributed by atoms with Crippen LogP contribution in [0.25, 0.3) is 0 Å². The number of ether oxygens (including phenoxy) is 1. The Labute approximate surface area is 132 Å². The molecule has 0 spiro atoms. The Balaban J connectivity index is 1.97. The molecule has 1 N–H and O–H groups in total. The summed E-state index contributed by atoms with van der Waals surface area (Å²) in [6.45, 7) is 5.88. The molecule has 0 aliphatic carbocycles. The molecule has 0 bridgehead atoms. The van der Waals surface area contributed by atoms with Crippen LogP contribution in [-0.2, 0) is 6.54 Å². The molecule has 1 heterocycles. The quantitative estimate of drug-likeness (QED) is 0.832. The van der Waals surface area contributed by atoms with Gasteiger partial charge < -0.3 is 15.0 Å². The van der Waals surface area contributed by atoms with Crippen molar-refractivity contribution < 1.29 is 4.74 Å². The minimum atomic E-state index is 0.606. The van der Waals surface area contributed by atoms with E-state index in [-0.39, 0.29) is 0 Å². The van der Waals surface area contributed by atoms with E-state index in [0.29, 0.717) is 12.6 Å². The van der Waals surface area contributed by atoms with Crippen LogP contribution in [-0.4, -0.2) is 37.7 Å². The smallest absolute Gasteiger partial charge is 0.147 e. The molecule has 0 amide bonds. The van der Waals surface area contributed by atoms with E-state index in [9.17, 15) is 0 Å². The fourth-order valence-corrected chi connectivity index (χ4v) is 3.87. The van der Waals surface area contributed by atoms with Gasteiger partial charge in [-0.1, -0.05) is 0 Å². The molecule has 106 valence electrons. The largest absolute Gasteiger partial charge is 0.492 e. The average Bonchev–Trinajstić information content (AvgIpc) is 2.77. The molecule has 1 aromatic carbocycles. The summed E-state index contributed by atoms with van der Waals surface area (Å²) < 4.78 is 7.60. The van der Waals surface area contributed by atoms with Crippen LogP contribution in [0, 0.1) is 0 Å². The molecule has 5 heteroatoms. The van der Waals surface area contributed by atoms with Crippen LogP contribution in [0.15, 0.2) is 21.1 Å². The minimum Gasteiger partial charge on any atom is -0.492 e. The fourth-order valence-electron chi connectivity index (χ4n) is 2.36. The van der Waals surface area contributed by atoms with Crippen molar-refractivity contribution in [2.24, 2.45) is 0 Å². The number of nitrogens with zero attached hydrogens (tertiary/aromatic N) is 1. The lowest BCUT2D eigenvalue weighted by atomic mass is 10.2. The molecule has 1 atom stereocenters. The van der Waals surface area contributed by atoms with Gasteiger partial charge in [-0.3, -0.25) is 0 Å². The predicted octanol–water partition coefficient (Wildman–Crippen LogP) is 3.40. The van der Waals surface area contributed by atoms with Crippen LogP contribution >= 0.6 is 31.9 Å². The third-order valence-corrected chi connectivity index (χ3v) is 4.51. The maximum Gasteiger partial charge on any atom is 0.147 e. The molecule has 3 nitrogen and oxygen atoms in total. The number of benzene rings is 1. The van der Waals surface area contributed by atoms with E-state index in [0.717, 1.165) is 27.8 Å². The average molecular weight is 392 g/mol. The molecule has 0 saturated carbocycles. The van der Waals surface area contributed by atoms with Crippen LogP contribution < -0.4 is 10.1 Å². The maximum absolute atomic E-state index is 5.59. The number of halogens is 2. The Morgan fingerprint density at radius 2 is 2.05 bits per heavy atom. The van der Waals surface area contributed by atoms with E-state index >= 15 is 0 Å². The van der Waals surface area contributed by atoms with E-state index in [2.05, 4.69) is 61.3 Å². The molecule has 0 radical (unpaired) electrons. The molecule has 1 unspecified atom stereocenters. The fraction of sp³-hybridized carbons (Fsp3) is 0.571. The second kappa shape index (κ2) is 7.07. The van der Waals surface area contributed by atoms with Gasteiger partial charge in [0.25, 0.3) is 0 Å². The molecule has 1 fully saturated rings. The highest BCUT2D eigenvalue weighted by Crippen LogP contribution is 2.34. The number of likely N-dealkylation sites (N-methyl/N-ethyl adjacent to an activating group) is 1. The van der Waals surface area contributed by atoms with Crippen LogP contribution in [0.2, 0.25) is 0 Å². The van der Waals surface area contributed by atoms with Gasteiger partial charge in [-0.05, 0) is 76.5 Å². The van der Waals surface area contributed by atoms with Gasteiger partial charge in [0.05, 0.1) is 15.6 Å². The monoisotopic (exact) mass is 390 g/mol. The van der Waals surface area contributed by atoms with Crippen molar-refractivity contribution in [3.05, 3.63) is 26.6 Å². The van der Waals surface area contributed by atoms with Crippen molar-refractivity contribution in [3.8, 4) is 5.75 Å². The summed E-state index contributed by atoms with van der Waals surface area (Å²) in [6.07, 6.45) is 1.23. The summed E-state index contributed by atoms with van der Waals surface area (Å²) in [5.41, 5.74) is 1.26. The van der Waals surface area contributed by atoms with Gasteiger partial charge in [-0.15, -0.1) is 0 Å². The van der Waals surface area contributed by atoms with Crippen molar-refractivity contribution >= 4 is 31.9 Å². The Hall–Kier alpha value is -0.100. The van der Waals surface area contributed by atoms with Gasteiger partial charge in [-0.25, -0.2) is 0 Å². The van der Waals surface area contributed by atoms with Crippen LogP contribution in [0.4, 0.5) is 0 Å². The van der Waals surface area contributed by atoms with E-state index in [1.165, 1.54) is 18.5 Å². The normalized spacial score (nSPS) is 19.9. The first-order valence-electron chi connectivity index (χ1n) is 6.62. The van der Waals surface area contributed by atoms with E-state index in [1.807, 2.05) is 6.92 Å². The summed E-state index contributed by atoms with van der Waals surface area (Å²) in [5, 5.41) is 3.61. The van der Waals surface area contributed by atoms with E-state index in [4.69, 9.17) is 4.74 Å². The Morgan fingerprint density at radius 3 is 2.58 bits per heavy atom. The molecule has 0 aromatic heterocycles. The lowest BCUT2D eigenvalue weighted by Crippen LogP contribution is -2.30. The number of hydrogen-bond acceptors (Lipinski definition) is 3. The standard InChI is InChI=1S/C14H20Br2N2O/c1-3-19-14-12(15)6-10(7-13(14)16)8-17-11-4-5-18(2)9-11/h6-7,11,17H,3-5,8-9H2,1-2H3. The molecule has 19 heavy (non-hydrogen) atoms. The van der Waals surface area contributed by atoms with Crippen molar-refractivity contribution in [3.63, 3.8) is 0 Å².